The SMILES string of the molecule is CSCc1ccc2c(c1)/C(=C/CCN(C)C)c1ccccc1S2.O=C(O)C(=O)O. The Labute approximate surface area is 179 Å². The van der Waals surface area contributed by atoms with Gasteiger partial charge < -0.3 is 15.1 Å². The molecule has 0 amide bonds. The standard InChI is InChI=1S/C20H23NS2.C2H2O4/c1-21(2)12-6-8-16-17-7-4-5-9-19(17)23-20-11-10-15(14-22-3)13-18(16)20;3-1(4)2(5)6/h4-5,7-11,13H,6,12,14H2,1-3H3;(H,3,4)(H,5,6)/b16-8+;. The Morgan fingerprint density at radius 1 is 1.03 bits per heavy atom. The fourth-order valence-electron chi connectivity index (χ4n) is 2.86. The van der Waals surface area contributed by atoms with E-state index in [2.05, 4.69) is 73.8 Å². The van der Waals surface area contributed by atoms with Crippen LogP contribution in [0.2, 0.25) is 0 Å². The zero-order valence-corrected chi connectivity index (χ0v) is 18.3. The van der Waals surface area contributed by atoms with Crippen LogP contribution in [-0.2, 0) is 15.3 Å². The van der Waals surface area contributed by atoms with Crippen LogP contribution >= 0.6 is 23.5 Å². The summed E-state index contributed by atoms with van der Waals surface area (Å²) in [6.07, 6.45) is 5.66. The minimum absolute atomic E-state index is 1.07. The van der Waals surface area contributed by atoms with Crippen molar-refractivity contribution in [3.8, 4) is 0 Å². The average Bonchev–Trinajstić information content (AvgIpc) is 2.68. The molecule has 2 N–H and O–H groups in total. The van der Waals surface area contributed by atoms with Crippen molar-refractivity contribution in [2.24, 2.45) is 0 Å². The van der Waals surface area contributed by atoms with Crippen molar-refractivity contribution in [3.05, 3.63) is 65.2 Å². The monoisotopic (exact) mass is 431 g/mol. The third-order valence-corrected chi connectivity index (χ3v) is 5.92. The second-order valence-electron chi connectivity index (χ2n) is 6.68. The summed E-state index contributed by atoms with van der Waals surface area (Å²) in [6, 6.07) is 15.7. The van der Waals surface area contributed by atoms with Crippen molar-refractivity contribution in [3.63, 3.8) is 0 Å². The molecule has 0 bridgehead atoms. The molecule has 0 radical (unpaired) electrons. The predicted octanol–water partition coefficient (Wildman–Crippen LogP) is 4.55. The number of hydrogen-bond acceptors (Lipinski definition) is 5. The molecular formula is C22H25NO4S2. The highest BCUT2D eigenvalue weighted by Gasteiger charge is 2.20. The van der Waals surface area contributed by atoms with Crippen LogP contribution in [0, 0.1) is 0 Å². The van der Waals surface area contributed by atoms with Crippen molar-refractivity contribution in [1.82, 2.24) is 4.90 Å². The van der Waals surface area contributed by atoms with Crippen LogP contribution < -0.4 is 0 Å². The lowest BCUT2D eigenvalue weighted by atomic mass is 9.95. The van der Waals surface area contributed by atoms with Crippen LogP contribution in [0.4, 0.5) is 0 Å². The first-order valence-electron chi connectivity index (χ1n) is 9.04. The predicted molar refractivity (Wildman–Crippen MR) is 120 cm³/mol. The van der Waals surface area contributed by atoms with Gasteiger partial charge in [-0.2, -0.15) is 11.8 Å². The molecule has 1 aliphatic rings. The lowest BCUT2D eigenvalue weighted by molar-refractivity contribution is -0.159. The average molecular weight is 432 g/mol. The number of benzene rings is 2. The molecule has 0 spiro atoms. The molecule has 0 aliphatic carbocycles. The van der Waals surface area contributed by atoms with E-state index < -0.39 is 11.9 Å². The summed E-state index contributed by atoms with van der Waals surface area (Å²) in [5.74, 6) is -2.57. The number of carbonyl (C=O) groups is 2. The Morgan fingerprint density at radius 3 is 2.31 bits per heavy atom. The zero-order chi connectivity index (χ0) is 21.4. The van der Waals surface area contributed by atoms with Gasteiger partial charge in [0.05, 0.1) is 0 Å². The van der Waals surface area contributed by atoms with Gasteiger partial charge in [0.25, 0.3) is 0 Å². The van der Waals surface area contributed by atoms with Gasteiger partial charge in [-0.1, -0.05) is 42.1 Å². The van der Waals surface area contributed by atoms with Gasteiger partial charge >= 0.3 is 11.9 Å². The van der Waals surface area contributed by atoms with E-state index in [-0.39, 0.29) is 0 Å². The third kappa shape index (κ3) is 6.66. The summed E-state index contributed by atoms with van der Waals surface area (Å²) in [5.41, 5.74) is 5.60. The Balaban J connectivity index is 0.000000438. The Hall–Kier alpha value is -2.22. The van der Waals surface area contributed by atoms with E-state index >= 15 is 0 Å². The Bertz CT molecular complexity index is 897. The smallest absolute Gasteiger partial charge is 0.414 e. The maximum absolute atomic E-state index is 9.10. The van der Waals surface area contributed by atoms with Crippen molar-refractivity contribution >= 4 is 41.0 Å². The lowest BCUT2D eigenvalue weighted by Crippen LogP contribution is -2.12. The number of thioether (sulfide) groups is 1. The van der Waals surface area contributed by atoms with Crippen LogP contribution in [0.1, 0.15) is 23.1 Å². The number of hydrogen-bond donors (Lipinski definition) is 2. The fraction of sp³-hybridized carbons (Fsp3) is 0.273. The summed E-state index contributed by atoms with van der Waals surface area (Å²) in [5, 5.41) is 14.8. The minimum atomic E-state index is -1.82. The van der Waals surface area contributed by atoms with E-state index in [0.717, 1.165) is 18.7 Å². The maximum atomic E-state index is 9.10. The van der Waals surface area contributed by atoms with E-state index in [0.29, 0.717) is 0 Å². The highest BCUT2D eigenvalue weighted by atomic mass is 32.2. The van der Waals surface area contributed by atoms with E-state index in [1.54, 1.807) is 0 Å². The van der Waals surface area contributed by atoms with Crippen molar-refractivity contribution in [2.45, 2.75) is 22.0 Å². The quantitative estimate of drug-likeness (QED) is 0.574. The van der Waals surface area contributed by atoms with Gasteiger partial charge in [0.15, 0.2) is 0 Å². The van der Waals surface area contributed by atoms with Crippen LogP contribution in [0.3, 0.4) is 0 Å². The van der Waals surface area contributed by atoms with Crippen LogP contribution in [0.5, 0.6) is 0 Å². The second-order valence-corrected chi connectivity index (χ2v) is 8.63. The number of rotatable bonds is 5. The molecule has 154 valence electrons. The van der Waals surface area contributed by atoms with Crippen LogP contribution in [0.15, 0.2) is 58.3 Å². The highest BCUT2D eigenvalue weighted by Crippen LogP contribution is 2.45. The summed E-state index contributed by atoms with van der Waals surface area (Å²) in [4.78, 5) is 23.2. The summed E-state index contributed by atoms with van der Waals surface area (Å²) >= 11 is 3.78. The van der Waals surface area contributed by atoms with Crippen LogP contribution in [-0.4, -0.2) is 53.9 Å². The fourth-order valence-corrected chi connectivity index (χ4v) is 4.46. The van der Waals surface area contributed by atoms with Crippen molar-refractivity contribution in [1.29, 1.82) is 0 Å². The first-order valence-corrected chi connectivity index (χ1v) is 11.2. The Kier molecular flexibility index (Phi) is 8.82. The second kappa shape index (κ2) is 11.1. The van der Waals surface area contributed by atoms with Crippen molar-refractivity contribution < 1.29 is 19.8 Å². The largest absolute Gasteiger partial charge is 0.473 e. The van der Waals surface area contributed by atoms with Crippen LogP contribution in [0.25, 0.3) is 5.57 Å². The molecule has 1 heterocycles. The first kappa shape index (κ1) is 23.1. The minimum Gasteiger partial charge on any atom is -0.473 e. The van der Waals surface area contributed by atoms with E-state index in [4.69, 9.17) is 19.8 Å². The van der Waals surface area contributed by atoms with Gasteiger partial charge in [-0.3, -0.25) is 0 Å². The summed E-state index contributed by atoms with van der Waals surface area (Å²) in [7, 11) is 4.27. The molecule has 0 unspecified atom stereocenters. The van der Waals surface area contributed by atoms with Gasteiger partial charge in [-0.15, -0.1) is 0 Å². The molecule has 3 rings (SSSR count). The topological polar surface area (TPSA) is 77.8 Å². The van der Waals surface area contributed by atoms with E-state index in [1.807, 2.05) is 23.5 Å². The van der Waals surface area contributed by atoms with Gasteiger partial charge in [0.2, 0.25) is 0 Å². The zero-order valence-electron chi connectivity index (χ0n) is 16.7. The molecule has 1 aliphatic heterocycles. The highest BCUT2D eigenvalue weighted by molar-refractivity contribution is 7.99. The maximum Gasteiger partial charge on any atom is 0.414 e. The molecule has 0 atom stereocenters. The number of carboxylic acids is 2. The molecule has 0 fully saturated rings. The molecule has 7 heteroatoms. The summed E-state index contributed by atoms with van der Waals surface area (Å²) < 4.78 is 0. The van der Waals surface area contributed by atoms with E-state index in [1.165, 1.54) is 32.1 Å². The third-order valence-electron chi connectivity index (χ3n) is 4.15. The number of aliphatic carboxylic acids is 2. The van der Waals surface area contributed by atoms with Gasteiger partial charge in [-0.25, -0.2) is 9.59 Å². The molecule has 29 heavy (non-hydrogen) atoms. The van der Waals surface area contributed by atoms with Crippen molar-refractivity contribution in [2.75, 3.05) is 26.9 Å². The number of carboxylic acid groups (broad SMARTS) is 2. The molecule has 2 aromatic rings. The Morgan fingerprint density at radius 2 is 1.69 bits per heavy atom. The molecule has 0 saturated heterocycles. The normalized spacial score (nSPS) is 13.3. The lowest BCUT2D eigenvalue weighted by Gasteiger charge is -2.23. The molecule has 0 aromatic heterocycles. The summed E-state index contributed by atoms with van der Waals surface area (Å²) in [6.45, 7) is 1.08. The van der Waals surface area contributed by atoms with Gasteiger partial charge in [-0.05, 0) is 67.2 Å². The first-order chi connectivity index (χ1) is 13.8. The number of nitrogens with zero attached hydrogens (tertiary/aromatic N) is 1. The van der Waals surface area contributed by atoms with E-state index in [9.17, 15) is 0 Å². The molecular weight excluding hydrogens is 406 g/mol. The molecule has 5 nitrogen and oxygen atoms in total. The number of fused-ring (bicyclic) bond motifs is 2. The molecule has 2 aromatic carbocycles. The van der Waals surface area contributed by atoms with Gasteiger partial charge in [0, 0.05) is 22.1 Å². The van der Waals surface area contributed by atoms with Gasteiger partial charge in [0.1, 0.15) is 0 Å². The molecule has 0 saturated carbocycles.